The molecule has 3 rings (SSSR count). The molecule has 0 aliphatic heterocycles. The van der Waals surface area contributed by atoms with Crippen LogP contribution in [0.15, 0.2) is 145 Å². The van der Waals surface area contributed by atoms with Crippen molar-refractivity contribution in [2.24, 2.45) is 0 Å². The molecule has 0 fully saturated rings. The molecule has 1 aromatic carbocycles. The van der Waals surface area contributed by atoms with Gasteiger partial charge in [-0.25, -0.2) is 0 Å². The summed E-state index contributed by atoms with van der Waals surface area (Å²) in [5, 5.41) is 3.56. The molecule has 1 N–H and O–H groups in total. The van der Waals surface area contributed by atoms with E-state index in [9.17, 15) is 0 Å². The third-order valence-electron chi connectivity index (χ3n) is 5.60. The Hall–Kier alpha value is -3.58. The van der Waals surface area contributed by atoms with E-state index in [0.717, 1.165) is 64.9 Å². The van der Waals surface area contributed by atoms with E-state index in [-0.39, 0.29) is 0 Å². The van der Waals surface area contributed by atoms with Crippen molar-refractivity contribution in [2.45, 2.75) is 32.6 Å². The molecule has 1 nitrogen and oxygen atoms in total. The Kier molecular flexibility index (Phi) is 8.45. The maximum absolute atomic E-state index is 4.35. The summed E-state index contributed by atoms with van der Waals surface area (Å²) in [7, 11) is 0. The molecule has 32 heavy (non-hydrogen) atoms. The molecule has 0 saturated heterocycles. The number of allylic oxidation sites excluding steroid dienone is 15. The highest BCUT2D eigenvalue weighted by atomic mass is 14.9. The number of hydrogen-bond donors (Lipinski definition) is 1. The molecular formula is C31H33N. The summed E-state index contributed by atoms with van der Waals surface area (Å²) in [6, 6.07) is 10.4. The molecule has 2 aliphatic carbocycles. The highest BCUT2D eigenvalue weighted by Gasteiger charge is 2.09. The molecule has 0 amide bonds. The van der Waals surface area contributed by atoms with Crippen LogP contribution in [0.4, 0.5) is 0 Å². The van der Waals surface area contributed by atoms with Crippen LogP contribution in [-0.4, -0.2) is 0 Å². The highest BCUT2D eigenvalue weighted by molar-refractivity contribution is 5.80. The number of hydrogen-bond acceptors (Lipinski definition) is 1. The van der Waals surface area contributed by atoms with E-state index in [2.05, 4.69) is 105 Å². The lowest BCUT2D eigenvalue weighted by molar-refractivity contribution is 0.951. The molecule has 0 saturated carbocycles. The van der Waals surface area contributed by atoms with Gasteiger partial charge in [-0.2, -0.15) is 0 Å². The van der Waals surface area contributed by atoms with Gasteiger partial charge in [0.25, 0.3) is 0 Å². The minimum atomic E-state index is 0.966. The van der Waals surface area contributed by atoms with Crippen LogP contribution >= 0.6 is 0 Å². The molecule has 0 radical (unpaired) electrons. The summed E-state index contributed by atoms with van der Waals surface area (Å²) in [5.74, 6) is 0. The maximum atomic E-state index is 4.35. The Balaban J connectivity index is 1.99. The van der Waals surface area contributed by atoms with Gasteiger partial charge < -0.3 is 5.32 Å². The van der Waals surface area contributed by atoms with E-state index < -0.39 is 0 Å². The minimum absolute atomic E-state index is 0.966. The highest BCUT2D eigenvalue weighted by Crippen LogP contribution is 2.27. The SMILES string of the molecule is C=C/C(NC1=CCCC=C1)=C(\C=C(/C)C(=C)/C=C(\C=C)C1=CCCC=C1)c1ccccc1. The van der Waals surface area contributed by atoms with Crippen molar-refractivity contribution in [3.8, 4) is 0 Å². The molecule has 162 valence electrons. The molecule has 1 heteroatoms. The van der Waals surface area contributed by atoms with Gasteiger partial charge in [0.2, 0.25) is 0 Å². The normalized spacial score (nSPS) is 17.2. The Labute approximate surface area is 193 Å². The summed E-state index contributed by atoms with van der Waals surface area (Å²) >= 11 is 0. The van der Waals surface area contributed by atoms with E-state index in [4.69, 9.17) is 0 Å². The summed E-state index contributed by atoms with van der Waals surface area (Å²) in [5.41, 5.74) is 8.68. The maximum Gasteiger partial charge on any atom is 0.0457 e. The predicted octanol–water partition coefficient (Wildman–Crippen LogP) is 8.30. The third-order valence-corrected chi connectivity index (χ3v) is 5.60. The zero-order valence-electron chi connectivity index (χ0n) is 19.1. The molecular weight excluding hydrogens is 386 g/mol. The van der Waals surface area contributed by atoms with Crippen molar-refractivity contribution < 1.29 is 0 Å². The van der Waals surface area contributed by atoms with Crippen LogP contribution in [0.2, 0.25) is 0 Å². The fourth-order valence-electron chi connectivity index (χ4n) is 3.72. The second-order valence-corrected chi connectivity index (χ2v) is 7.96. The summed E-state index contributed by atoms with van der Waals surface area (Å²) < 4.78 is 0. The molecule has 2 aliphatic rings. The summed E-state index contributed by atoms with van der Waals surface area (Å²) in [6.07, 6.45) is 25.6. The lowest BCUT2D eigenvalue weighted by Crippen LogP contribution is -2.12. The van der Waals surface area contributed by atoms with Crippen molar-refractivity contribution in [1.29, 1.82) is 0 Å². The number of nitrogens with one attached hydrogen (secondary N) is 1. The van der Waals surface area contributed by atoms with Gasteiger partial charge in [0.05, 0.1) is 0 Å². The van der Waals surface area contributed by atoms with E-state index in [0.29, 0.717) is 0 Å². The fraction of sp³-hybridized carbons (Fsp3) is 0.161. The lowest BCUT2D eigenvalue weighted by atomic mass is 9.94. The van der Waals surface area contributed by atoms with Crippen molar-refractivity contribution >= 4 is 5.57 Å². The monoisotopic (exact) mass is 419 g/mol. The quantitative estimate of drug-likeness (QED) is 0.397. The Morgan fingerprint density at radius 3 is 2.19 bits per heavy atom. The molecule has 0 bridgehead atoms. The van der Waals surface area contributed by atoms with Crippen molar-refractivity contribution in [3.63, 3.8) is 0 Å². The van der Waals surface area contributed by atoms with Gasteiger partial charge in [-0.3, -0.25) is 0 Å². The molecule has 0 atom stereocenters. The van der Waals surface area contributed by atoms with Crippen LogP contribution in [0.25, 0.3) is 5.57 Å². The number of rotatable bonds is 9. The van der Waals surface area contributed by atoms with Crippen LogP contribution in [-0.2, 0) is 0 Å². The second kappa shape index (κ2) is 11.7. The third kappa shape index (κ3) is 6.21. The lowest BCUT2D eigenvalue weighted by Gasteiger charge is -2.16. The Morgan fingerprint density at radius 2 is 1.59 bits per heavy atom. The average Bonchev–Trinajstić information content (AvgIpc) is 2.86. The topological polar surface area (TPSA) is 12.0 Å². The first-order valence-electron chi connectivity index (χ1n) is 11.3. The molecule has 0 aromatic heterocycles. The van der Waals surface area contributed by atoms with Gasteiger partial charge in [-0.1, -0.05) is 86.5 Å². The predicted molar refractivity (Wildman–Crippen MR) is 141 cm³/mol. The molecule has 0 spiro atoms. The number of benzene rings is 1. The minimum Gasteiger partial charge on any atom is -0.355 e. The van der Waals surface area contributed by atoms with Crippen LogP contribution in [0, 0.1) is 0 Å². The van der Waals surface area contributed by atoms with Gasteiger partial charge in [0.1, 0.15) is 0 Å². The first-order chi connectivity index (χ1) is 15.6. The fourth-order valence-corrected chi connectivity index (χ4v) is 3.72. The van der Waals surface area contributed by atoms with Crippen molar-refractivity contribution in [1.82, 2.24) is 5.32 Å². The van der Waals surface area contributed by atoms with E-state index >= 15 is 0 Å². The van der Waals surface area contributed by atoms with Gasteiger partial charge in [-0.15, -0.1) is 0 Å². The first-order valence-corrected chi connectivity index (χ1v) is 11.3. The van der Waals surface area contributed by atoms with E-state index in [1.807, 2.05) is 18.2 Å². The Bertz CT molecular complexity index is 1080. The van der Waals surface area contributed by atoms with Crippen LogP contribution < -0.4 is 5.32 Å². The summed E-state index contributed by atoms with van der Waals surface area (Å²) in [6.45, 7) is 14.6. The zero-order valence-corrected chi connectivity index (χ0v) is 19.1. The first kappa shape index (κ1) is 23.1. The van der Waals surface area contributed by atoms with E-state index in [1.54, 1.807) is 0 Å². The van der Waals surface area contributed by atoms with Gasteiger partial charge in [-0.05, 0) is 84.8 Å². The van der Waals surface area contributed by atoms with Crippen molar-refractivity contribution in [3.05, 3.63) is 150 Å². The second-order valence-electron chi connectivity index (χ2n) is 7.96. The van der Waals surface area contributed by atoms with Gasteiger partial charge in [0, 0.05) is 17.0 Å². The standard InChI is InChI=1S/C31H33N/c1-5-26(27-16-10-7-11-17-27)22-24(3)25(4)23-30(28-18-12-8-13-19-28)31(6-2)32-29-20-14-9-15-21-29/h5-6,8,10,12-14,16-23,32H,1-3,7,9,11,15H2,4H3/b25-23+,26-22+,31-30-. The summed E-state index contributed by atoms with van der Waals surface area (Å²) in [4.78, 5) is 0. The molecule has 0 unspecified atom stereocenters. The smallest absolute Gasteiger partial charge is 0.0457 e. The molecule has 1 aromatic rings. The largest absolute Gasteiger partial charge is 0.355 e. The average molecular weight is 420 g/mol. The van der Waals surface area contributed by atoms with Gasteiger partial charge >= 0.3 is 0 Å². The Morgan fingerprint density at radius 1 is 0.875 bits per heavy atom. The van der Waals surface area contributed by atoms with Crippen molar-refractivity contribution in [2.75, 3.05) is 0 Å². The van der Waals surface area contributed by atoms with Crippen LogP contribution in [0.5, 0.6) is 0 Å². The van der Waals surface area contributed by atoms with Crippen LogP contribution in [0.1, 0.15) is 38.2 Å². The van der Waals surface area contributed by atoms with E-state index in [1.165, 1.54) is 5.57 Å². The van der Waals surface area contributed by atoms with Gasteiger partial charge in [0.15, 0.2) is 0 Å². The zero-order chi connectivity index (χ0) is 22.8. The molecule has 0 heterocycles. The van der Waals surface area contributed by atoms with Crippen LogP contribution in [0.3, 0.4) is 0 Å².